The maximum Gasteiger partial charge on any atom is 0.203 e. The number of ether oxygens (including phenoxy) is 2. The second-order valence-corrected chi connectivity index (χ2v) is 4.98. The Kier molecular flexibility index (Phi) is 5.16. The summed E-state index contributed by atoms with van der Waals surface area (Å²) in [6.45, 7) is 1.94. The summed E-state index contributed by atoms with van der Waals surface area (Å²) in [5.41, 5.74) is 2.16. The highest BCUT2D eigenvalue weighted by atomic mass is 16.5. The largest absolute Gasteiger partial charge is 0.497 e. The lowest BCUT2D eigenvalue weighted by Crippen LogP contribution is -2.02. The van der Waals surface area contributed by atoms with Gasteiger partial charge in [-0.2, -0.15) is 5.26 Å². The lowest BCUT2D eigenvalue weighted by Gasteiger charge is -2.07. The van der Waals surface area contributed by atoms with Gasteiger partial charge in [-0.05, 0) is 37.3 Å². The summed E-state index contributed by atoms with van der Waals surface area (Å²) in [5, 5.41) is 9.37. The highest BCUT2D eigenvalue weighted by Crippen LogP contribution is 2.24. The van der Waals surface area contributed by atoms with Crippen LogP contribution in [0.2, 0.25) is 0 Å². The van der Waals surface area contributed by atoms with E-state index >= 15 is 0 Å². The predicted octanol–water partition coefficient (Wildman–Crippen LogP) is 3.80. The summed E-state index contributed by atoms with van der Waals surface area (Å²) in [6, 6.07) is 14.3. The van der Waals surface area contributed by atoms with Gasteiger partial charge in [-0.25, -0.2) is 0 Å². The third kappa shape index (κ3) is 3.78. The zero-order chi connectivity index (χ0) is 16.8. The van der Waals surface area contributed by atoms with Crippen molar-refractivity contribution in [1.82, 2.24) is 0 Å². The minimum atomic E-state index is -0.352. The molecule has 0 fully saturated rings. The SMILES string of the molecule is COc1cccc(C(=O)/C(C#N)=C/c2cc(C)ccc2OC)c1. The van der Waals surface area contributed by atoms with Crippen LogP contribution >= 0.6 is 0 Å². The van der Waals surface area contributed by atoms with E-state index in [1.165, 1.54) is 7.11 Å². The van der Waals surface area contributed by atoms with Crippen molar-refractivity contribution >= 4 is 11.9 Å². The number of nitrogens with zero attached hydrogens (tertiary/aromatic N) is 1. The Balaban J connectivity index is 2.45. The average Bonchev–Trinajstić information content (AvgIpc) is 2.59. The Morgan fingerprint density at radius 1 is 1.13 bits per heavy atom. The van der Waals surface area contributed by atoms with Crippen molar-refractivity contribution in [3.63, 3.8) is 0 Å². The first-order chi connectivity index (χ1) is 11.1. The summed E-state index contributed by atoms with van der Waals surface area (Å²) in [4.78, 5) is 12.5. The van der Waals surface area contributed by atoms with Crippen molar-refractivity contribution in [1.29, 1.82) is 5.26 Å². The van der Waals surface area contributed by atoms with Gasteiger partial charge in [0.1, 0.15) is 23.1 Å². The number of hydrogen-bond acceptors (Lipinski definition) is 4. The van der Waals surface area contributed by atoms with Gasteiger partial charge >= 0.3 is 0 Å². The zero-order valence-corrected chi connectivity index (χ0v) is 13.3. The number of ketones is 1. The zero-order valence-electron chi connectivity index (χ0n) is 13.3. The number of methoxy groups -OCH3 is 2. The number of rotatable bonds is 5. The number of carbonyl (C=O) groups excluding carboxylic acids is 1. The van der Waals surface area contributed by atoms with Crippen molar-refractivity contribution < 1.29 is 14.3 Å². The topological polar surface area (TPSA) is 59.3 Å². The Hall–Kier alpha value is -3.06. The van der Waals surface area contributed by atoms with Gasteiger partial charge in [-0.3, -0.25) is 4.79 Å². The summed E-state index contributed by atoms with van der Waals surface area (Å²) in [5.74, 6) is 0.832. The molecule has 0 aromatic heterocycles. The average molecular weight is 307 g/mol. The molecule has 116 valence electrons. The molecule has 0 aliphatic carbocycles. The Morgan fingerprint density at radius 3 is 2.57 bits per heavy atom. The normalized spacial score (nSPS) is 10.8. The van der Waals surface area contributed by atoms with Crippen molar-refractivity contribution in [2.45, 2.75) is 6.92 Å². The van der Waals surface area contributed by atoms with Crippen molar-refractivity contribution in [2.75, 3.05) is 14.2 Å². The minimum absolute atomic E-state index is 0.0437. The fourth-order valence-corrected chi connectivity index (χ4v) is 2.19. The van der Waals surface area contributed by atoms with Crippen LogP contribution in [-0.4, -0.2) is 20.0 Å². The van der Waals surface area contributed by atoms with Crippen LogP contribution in [0.5, 0.6) is 11.5 Å². The van der Waals surface area contributed by atoms with Gasteiger partial charge in [0.2, 0.25) is 5.78 Å². The van der Waals surface area contributed by atoms with Crippen molar-refractivity contribution in [3.8, 4) is 17.6 Å². The molecule has 0 heterocycles. The number of allylic oxidation sites excluding steroid dienone is 1. The third-order valence-corrected chi connectivity index (χ3v) is 3.38. The van der Waals surface area contributed by atoms with Crippen LogP contribution in [0.25, 0.3) is 6.08 Å². The van der Waals surface area contributed by atoms with Crippen LogP contribution in [0.1, 0.15) is 21.5 Å². The lowest BCUT2D eigenvalue weighted by atomic mass is 10.0. The number of nitriles is 1. The molecule has 4 heteroatoms. The van der Waals surface area contributed by atoms with E-state index in [0.717, 1.165) is 5.56 Å². The maximum absolute atomic E-state index is 12.5. The van der Waals surface area contributed by atoms with E-state index in [0.29, 0.717) is 22.6 Å². The van der Waals surface area contributed by atoms with Gasteiger partial charge in [-0.1, -0.05) is 23.8 Å². The molecule has 4 nitrogen and oxygen atoms in total. The predicted molar refractivity (Wildman–Crippen MR) is 88.6 cm³/mol. The van der Waals surface area contributed by atoms with Crippen LogP contribution < -0.4 is 9.47 Å². The van der Waals surface area contributed by atoms with E-state index < -0.39 is 0 Å². The van der Waals surface area contributed by atoms with Gasteiger partial charge in [0, 0.05) is 11.1 Å². The molecule has 0 radical (unpaired) electrons. The first kappa shape index (κ1) is 16.3. The molecule has 0 unspecified atom stereocenters. The quantitative estimate of drug-likeness (QED) is 0.479. The molecule has 0 aliphatic rings. The Labute approximate surface area is 135 Å². The van der Waals surface area contributed by atoms with E-state index in [-0.39, 0.29) is 11.4 Å². The van der Waals surface area contributed by atoms with Gasteiger partial charge < -0.3 is 9.47 Å². The first-order valence-corrected chi connectivity index (χ1v) is 7.04. The van der Waals surface area contributed by atoms with Crippen molar-refractivity contribution in [3.05, 3.63) is 64.7 Å². The second kappa shape index (κ2) is 7.28. The maximum atomic E-state index is 12.5. The lowest BCUT2D eigenvalue weighted by molar-refractivity contribution is 0.103. The molecule has 2 rings (SSSR count). The molecular formula is C19H17NO3. The van der Waals surface area contributed by atoms with E-state index in [1.54, 1.807) is 37.5 Å². The van der Waals surface area contributed by atoms with Gasteiger partial charge in [0.05, 0.1) is 14.2 Å². The molecule has 2 aromatic rings. The van der Waals surface area contributed by atoms with Crippen LogP contribution in [-0.2, 0) is 0 Å². The fourth-order valence-electron chi connectivity index (χ4n) is 2.19. The number of Topliss-reactive ketones (excluding diaryl/α,β-unsaturated/α-hetero) is 1. The molecule has 23 heavy (non-hydrogen) atoms. The second-order valence-electron chi connectivity index (χ2n) is 4.98. The highest BCUT2D eigenvalue weighted by molar-refractivity contribution is 6.14. The molecule has 0 atom stereocenters. The van der Waals surface area contributed by atoms with E-state index in [2.05, 4.69) is 0 Å². The Bertz CT molecular complexity index is 801. The number of carbonyl (C=O) groups is 1. The Morgan fingerprint density at radius 2 is 1.91 bits per heavy atom. The monoisotopic (exact) mass is 307 g/mol. The first-order valence-electron chi connectivity index (χ1n) is 7.04. The fraction of sp³-hybridized carbons (Fsp3) is 0.158. The molecule has 0 amide bonds. The standard InChI is InChI=1S/C19H17NO3/c1-13-7-8-18(23-3)15(9-13)10-16(12-20)19(21)14-5-4-6-17(11-14)22-2/h4-11H,1-3H3/b16-10+. The van der Waals surface area contributed by atoms with Crippen LogP contribution in [0, 0.1) is 18.3 Å². The molecule has 0 aliphatic heterocycles. The van der Waals surface area contributed by atoms with E-state index in [1.807, 2.05) is 31.2 Å². The smallest absolute Gasteiger partial charge is 0.203 e. The molecule has 0 spiro atoms. The van der Waals surface area contributed by atoms with Crippen molar-refractivity contribution in [2.24, 2.45) is 0 Å². The summed E-state index contributed by atoms with van der Waals surface area (Å²) in [7, 11) is 3.08. The molecular weight excluding hydrogens is 290 g/mol. The van der Waals surface area contributed by atoms with Gasteiger partial charge in [0.25, 0.3) is 0 Å². The summed E-state index contributed by atoms with van der Waals surface area (Å²) >= 11 is 0. The van der Waals surface area contributed by atoms with Gasteiger partial charge in [0.15, 0.2) is 0 Å². The third-order valence-electron chi connectivity index (χ3n) is 3.38. The van der Waals surface area contributed by atoms with E-state index in [4.69, 9.17) is 9.47 Å². The summed E-state index contributed by atoms with van der Waals surface area (Å²) in [6.07, 6.45) is 1.55. The summed E-state index contributed by atoms with van der Waals surface area (Å²) < 4.78 is 10.4. The molecule has 0 N–H and O–H groups in total. The number of benzene rings is 2. The minimum Gasteiger partial charge on any atom is -0.497 e. The van der Waals surface area contributed by atoms with Crippen LogP contribution in [0.3, 0.4) is 0 Å². The van der Waals surface area contributed by atoms with E-state index in [9.17, 15) is 10.1 Å². The molecule has 2 aromatic carbocycles. The van der Waals surface area contributed by atoms with Crippen LogP contribution in [0.4, 0.5) is 0 Å². The number of aryl methyl sites for hydroxylation is 1. The number of hydrogen-bond donors (Lipinski definition) is 0. The highest BCUT2D eigenvalue weighted by Gasteiger charge is 2.14. The van der Waals surface area contributed by atoms with Gasteiger partial charge in [-0.15, -0.1) is 0 Å². The molecule has 0 saturated carbocycles. The molecule has 0 bridgehead atoms. The van der Waals surface area contributed by atoms with Crippen LogP contribution in [0.15, 0.2) is 48.0 Å². The molecule has 0 saturated heterocycles.